The van der Waals surface area contributed by atoms with E-state index in [2.05, 4.69) is 34.7 Å². The molecule has 0 saturated heterocycles. The zero-order chi connectivity index (χ0) is 14.1. The van der Waals surface area contributed by atoms with Gasteiger partial charge in [0.1, 0.15) is 0 Å². The first-order chi connectivity index (χ1) is 9.15. The maximum atomic E-state index is 12.3. The van der Waals surface area contributed by atoms with Crippen LogP contribution in [0.15, 0.2) is 30.3 Å². The van der Waals surface area contributed by atoms with Crippen LogP contribution >= 0.6 is 30.2 Å². The normalized spacial score (nSPS) is 12.2. The molecule has 0 spiro atoms. The quantitative estimate of drug-likeness (QED) is 0.358. The van der Waals surface area contributed by atoms with Crippen molar-refractivity contribution in [2.24, 2.45) is 0 Å². The first-order valence-electron chi connectivity index (χ1n) is 6.33. The van der Waals surface area contributed by atoms with Crippen LogP contribution in [0.1, 0.15) is 25.0 Å². The second-order valence-corrected chi connectivity index (χ2v) is 6.73. The van der Waals surface area contributed by atoms with Crippen LogP contribution in [0.25, 0.3) is 6.08 Å². The van der Waals surface area contributed by atoms with Gasteiger partial charge in [-0.1, -0.05) is 59.0 Å². The molecule has 0 atom stereocenters. The molecular weight excluding hydrogens is 374 g/mol. The van der Waals surface area contributed by atoms with E-state index in [1.165, 1.54) is 5.56 Å². The van der Waals surface area contributed by atoms with E-state index in [1.54, 1.807) is 0 Å². The number of hydrogen-bond donors (Lipinski definition) is 0. The molecule has 0 saturated carbocycles. The van der Waals surface area contributed by atoms with Crippen LogP contribution < -0.4 is 0 Å². The number of allylic oxidation sites excluding steroid dienone is 1. The Morgan fingerprint density at radius 2 is 1.84 bits per heavy atom. The van der Waals surface area contributed by atoms with Crippen molar-refractivity contribution in [3.8, 4) is 0 Å². The maximum Gasteiger partial charge on any atom is 0.334 e. The molecular formula is C14H20IO3P. The molecule has 106 valence electrons. The van der Waals surface area contributed by atoms with Gasteiger partial charge in [-0.15, -0.1) is 0 Å². The van der Waals surface area contributed by atoms with E-state index in [4.69, 9.17) is 9.05 Å². The maximum absolute atomic E-state index is 12.3. The number of benzene rings is 1. The topological polar surface area (TPSA) is 35.5 Å². The summed E-state index contributed by atoms with van der Waals surface area (Å²) >= 11 is 2.34. The fourth-order valence-corrected chi connectivity index (χ4v) is 3.79. The Bertz CT molecular complexity index is 450. The molecule has 1 aromatic rings. The lowest BCUT2D eigenvalue weighted by Crippen LogP contribution is -1.98. The van der Waals surface area contributed by atoms with Crippen molar-refractivity contribution < 1.29 is 13.6 Å². The Kier molecular flexibility index (Phi) is 7.91. The van der Waals surface area contributed by atoms with Crippen molar-refractivity contribution in [3.05, 3.63) is 41.5 Å². The van der Waals surface area contributed by atoms with E-state index in [1.807, 2.05) is 38.1 Å². The van der Waals surface area contributed by atoms with Crippen LogP contribution in [0.3, 0.4) is 0 Å². The molecule has 0 aromatic heterocycles. The summed E-state index contributed by atoms with van der Waals surface area (Å²) in [5.74, 6) is 0. The monoisotopic (exact) mass is 394 g/mol. The van der Waals surface area contributed by atoms with Crippen LogP contribution in [0.5, 0.6) is 0 Å². The minimum Gasteiger partial charge on any atom is -0.309 e. The first-order valence-corrected chi connectivity index (χ1v) is 9.59. The highest BCUT2D eigenvalue weighted by atomic mass is 127. The van der Waals surface area contributed by atoms with Crippen molar-refractivity contribution in [2.45, 2.75) is 18.3 Å². The van der Waals surface area contributed by atoms with Gasteiger partial charge >= 0.3 is 7.60 Å². The number of alkyl halides is 1. The average molecular weight is 394 g/mol. The zero-order valence-electron chi connectivity index (χ0n) is 11.3. The summed E-state index contributed by atoms with van der Waals surface area (Å²) < 4.78 is 23.7. The van der Waals surface area contributed by atoms with Crippen molar-refractivity contribution in [2.75, 3.05) is 19.4 Å². The van der Waals surface area contributed by atoms with E-state index >= 15 is 0 Å². The van der Waals surface area contributed by atoms with Crippen molar-refractivity contribution in [1.29, 1.82) is 0 Å². The minimum absolute atomic E-state index is 0.310. The molecule has 0 bridgehead atoms. The molecule has 0 N–H and O–H groups in total. The molecule has 19 heavy (non-hydrogen) atoms. The van der Waals surface area contributed by atoms with Gasteiger partial charge in [0.15, 0.2) is 0 Å². The third-order valence-corrected chi connectivity index (χ3v) is 5.26. The Hall–Kier alpha value is -0.160. The molecule has 0 heterocycles. The zero-order valence-corrected chi connectivity index (χ0v) is 14.4. The molecule has 0 aliphatic rings. The van der Waals surface area contributed by atoms with E-state index in [0.29, 0.717) is 19.4 Å². The van der Waals surface area contributed by atoms with Crippen LogP contribution in [0, 0.1) is 0 Å². The standard InChI is InChI=1S/C14H20IO3P/c1-3-17-19(16,18-4-2)11-7-10-13-8-5-6-9-14(13)12-15/h5-10H,3-4,11-12H2,1-2H3/b10-7+. The van der Waals surface area contributed by atoms with Gasteiger partial charge in [0.2, 0.25) is 0 Å². The summed E-state index contributed by atoms with van der Waals surface area (Å²) in [6, 6.07) is 8.17. The van der Waals surface area contributed by atoms with Gasteiger partial charge in [-0.2, -0.15) is 0 Å². The van der Waals surface area contributed by atoms with Crippen LogP contribution in [0.4, 0.5) is 0 Å². The largest absolute Gasteiger partial charge is 0.334 e. The molecule has 0 unspecified atom stereocenters. The average Bonchev–Trinajstić information content (AvgIpc) is 2.40. The lowest BCUT2D eigenvalue weighted by atomic mass is 10.1. The lowest BCUT2D eigenvalue weighted by Gasteiger charge is -2.14. The van der Waals surface area contributed by atoms with Crippen LogP contribution in [0.2, 0.25) is 0 Å². The smallest absolute Gasteiger partial charge is 0.309 e. The minimum atomic E-state index is -2.97. The predicted molar refractivity (Wildman–Crippen MR) is 88.9 cm³/mol. The highest BCUT2D eigenvalue weighted by Crippen LogP contribution is 2.48. The van der Waals surface area contributed by atoms with Gasteiger partial charge in [-0.05, 0) is 25.0 Å². The van der Waals surface area contributed by atoms with Crippen LogP contribution in [-0.4, -0.2) is 19.4 Å². The van der Waals surface area contributed by atoms with Crippen molar-refractivity contribution in [1.82, 2.24) is 0 Å². The lowest BCUT2D eigenvalue weighted by molar-refractivity contribution is 0.222. The van der Waals surface area contributed by atoms with Gasteiger partial charge in [0, 0.05) is 4.43 Å². The second kappa shape index (κ2) is 8.90. The summed E-state index contributed by atoms with van der Waals surface area (Å²) in [6.07, 6.45) is 4.17. The van der Waals surface area contributed by atoms with E-state index in [-0.39, 0.29) is 0 Å². The summed E-state index contributed by atoms with van der Waals surface area (Å²) in [4.78, 5) is 0. The molecule has 0 fully saturated rings. The number of hydrogen-bond acceptors (Lipinski definition) is 3. The van der Waals surface area contributed by atoms with Gasteiger partial charge in [0.05, 0.1) is 19.4 Å². The van der Waals surface area contributed by atoms with Gasteiger partial charge in [0.25, 0.3) is 0 Å². The molecule has 0 aliphatic carbocycles. The van der Waals surface area contributed by atoms with Crippen LogP contribution in [-0.2, 0) is 18.0 Å². The molecule has 0 radical (unpaired) electrons. The number of halogens is 1. The first kappa shape index (κ1) is 16.9. The second-order valence-electron chi connectivity index (χ2n) is 3.86. The number of rotatable bonds is 8. The predicted octanol–water partition coefficient (Wildman–Crippen LogP) is 4.90. The van der Waals surface area contributed by atoms with Gasteiger partial charge in [-0.25, -0.2) is 0 Å². The highest BCUT2D eigenvalue weighted by Gasteiger charge is 2.21. The molecule has 1 aromatic carbocycles. The highest BCUT2D eigenvalue weighted by molar-refractivity contribution is 14.1. The summed E-state index contributed by atoms with van der Waals surface area (Å²) in [5.41, 5.74) is 2.42. The fraction of sp³-hybridized carbons (Fsp3) is 0.429. The van der Waals surface area contributed by atoms with Gasteiger partial charge in [-0.3, -0.25) is 4.57 Å². The molecule has 3 nitrogen and oxygen atoms in total. The summed E-state index contributed by atoms with van der Waals surface area (Å²) in [7, 11) is -2.97. The van der Waals surface area contributed by atoms with Crippen molar-refractivity contribution >= 4 is 36.3 Å². The third kappa shape index (κ3) is 5.78. The SMILES string of the molecule is CCOP(=O)(C/C=C/c1ccccc1CI)OCC. The Labute approximate surface area is 129 Å². The van der Waals surface area contributed by atoms with Gasteiger partial charge < -0.3 is 9.05 Å². The third-order valence-electron chi connectivity index (χ3n) is 2.48. The van der Waals surface area contributed by atoms with E-state index < -0.39 is 7.60 Å². The summed E-state index contributed by atoms with van der Waals surface area (Å²) in [5, 5.41) is 0. The van der Waals surface area contributed by atoms with E-state index in [0.717, 1.165) is 9.99 Å². The van der Waals surface area contributed by atoms with E-state index in [9.17, 15) is 4.57 Å². The Morgan fingerprint density at radius 1 is 1.21 bits per heavy atom. The Morgan fingerprint density at radius 3 is 2.42 bits per heavy atom. The van der Waals surface area contributed by atoms with Crippen molar-refractivity contribution in [3.63, 3.8) is 0 Å². The molecule has 5 heteroatoms. The Balaban J connectivity index is 2.73. The summed E-state index contributed by atoms with van der Waals surface area (Å²) in [6.45, 7) is 4.44. The fourth-order valence-electron chi connectivity index (χ4n) is 1.66. The molecule has 0 amide bonds. The molecule has 0 aliphatic heterocycles. The molecule has 1 rings (SSSR count).